The van der Waals surface area contributed by atoms with Crippen molar-refractivity contribution in [2.45, 2.75) is 118 Å². The molecular weight excluding hydrogens is 324 g/mol. The normalized spacial score (nSPS) is 49.6. The molecule has 0 aromatic heterocycles. The summed E-state index contributed by atoms with van der Waals surface area (Å²) in [6.45, 7) is 12.8. The van der Waals surface area contributed by atoms with Gasteiger partial charge in [-0.15, -0.1) is 0 Å². The Morgan fingerprint density at radius 2 is 1.56 bits per heavy atom. The number of hydrogen-bond donors (Lipinski definition) is 0. The van der Waals surface area contributed by atoms with E-state index in [-0.39, 0.29) is 0 Å². The summed E-state index contributed by atoms with van der Waals surface area (Å²) < 4.78 is 0. The molecule has 27 heavy (non-hydrogen) atoms. The van der Waals surface area contributed by atoms with Crippen LogP contribution in [0, 0.1) is 52.3 Å². The Labute approximate surface area is 170 Å². The Hall–Kier alpha value is 0. The molecule has 0 heteroatoms. The van der Waals surface area contributed by atoms with Crippen LogP contribution in [0.3, 0.4) is 0 Å². The van der Waals surface area contributed by atoms with Crippen LogP contribution in [-0.2, 0) is 0 Å². The van der Waals surface area contributed by atoms with Crippen LogP contribution < -0.4 is 0 Å². The van der Waals surface area contributed by atoms with Crippen LogP contribution >= 0.6 is 0 Å². The topological polar surface area (TPSA) is 0 Å². The zero-order chi connectivity index (χ0) is 19.2. The minimum absolute atomic E-state index is 0.699. The van der Waals surface area contributed by atoms with Crippen molar-refractivity contribution in [2.75, 3.05) is 0 Å². The lowest BCUT2D eigenvalue weighted by atomic mass is 9.44. The monoisotopic (exact) mass is 372 g/mol. The molecule has 0 radical (unpaired) electrons. The minimum atomic E-state index is 0.699. The summed E-state index contributed by atoms with van der Waals surface area (Å²) in [4.78, 5) is 0. The molecule has 5 unspecified atom stereocenters. The van der Waals surface area contributed by atoms with Gasteiger partial charge in [0.05, 0.1) is 0 Å². The molecule has 4 fully saturated rings. The van der Waals surface area contributed by atoms with E-state index in [1.54, 1.807) is 51.4 Å². The summed E-state index contributed by atoms with van der Waals surface area (Å²) in [6.07, 6.45) is 19.9. The van der Waals surface area contributed by atoms with E-state index in [0.29, 0.717) is 10.8 Å². The first-order valence-electron chi connectivity index (χ1n) is 12.8. The molecule has 0 heterocycles. The van der Waals surface area contributed by atoms with Crippen molar-refractivity contribution >= 4 is 0 Å². The highest BCUT2D eigenvalue weighted by atomic mass is 14.6. The Morgan fingerprint density at radius 1 is 0.815 bits per heavy atom. The first-order valence-corrected chi connectivity index (χ1v) is 12.8. The molecule has 0 nitrogen and oxygen atoms in total. The summed E-state index contributed by atoms with van der Waals surface area (Å²) in [5.41, 5.74) is 1.40. The summed E-state index contributed by atoms with van der Waals surface area (Å²) in [6, 6.07) is 0. The lowest BCUT2D eigenvalue weighted by Crippen LogP contribution is -2.53. The van der Waals surface area contributed by atoms with E-state index in [9.17, 15) is 0 Å². The van der Waals surface area contributed by atoms with Crippen LogP contribution in [0.4, 0.5) is 0 Å². The second-order valence-corrected chi connectivity index (χ2v) is 12.5. The molecule has 0 aromatic rings. The Bertz CT molecular complexity index is 506. The van der Waals surface area contributed by atoms with Gasteiger partial charge in [-0.05, 0) is 110 Å². The van der Waals surface area contributed by atoms with Crippen LogP contribution in [0.2, 0.25) is 0 Å². The molecule has 4 saturated carbocycles. The predicted octanol–water partition coefficient (Wildman–Crippen LogP) is 8.50. The van der Waals surface area contributed by atoms with Crippen molar-refractivity contribution < 1.29 is 0 Å². The van der Waals surface area contributed by atoms with Gasteiger partial charge in [-0.25, -0.2) is 0 Å². The minimum Gasteiger partial charge on any atom is -0.0628 e. The molecule has 4 rings (SSSR count). The molecule has 4 aliphatic carbocycles. The van der Waals surface area contributed by atoms with E-state index in [1.165, 1.54) is 32.1 Å². The summed E-state index contributed by atoms with van der Waals surface area (Å²) in [5, 5.41) is 0. The smallest absolute Gasteiger partial charge is 0.0266 e. The van der Waals surface area contributed by atoms with E-state index in [1.807, 2.05) is 0 Å². The molecule has 8 atom stereocenters. The Balaban J connectivity index is 1.43. The zero-order valence-corrected chi connectivity index (χ0v) is 19.2. The van der Waals surface area contributed by atoms with E-state index < -0.39 is 0 Å². The number of rotatable bonds is 5. The van der Waals surface area contributed by atoms with Gasteiger partial charge in [0.25, 0.3) is 0 Å². The van der Waals surface area contributed by atoms with Gasteiger partial charge in [0.2, 0.25) is 0 Å². The quantitative estimate of drug-likeness (QED) is 0.424. The Morgan fingerprint density at radius 3 is 2.33 bits per heavy atom. The molecule has 0 spiro atoms. The van der Waals surface area contributed by atoms with E-state index in [2.05, 4.69) is 34.6 Å². The van der Waals surface area contributed by atoms with Crippen molar-refractivity contribution in [3.63, 3.8) is 0 Å². The molecule has 0 aliphatic heterocycles. The number of fused-ring (bicyclic) bond motifs is 5. The lowest BCUT2D eigenvalue weighted by Gasteiger charge is -2.61. The van der Waals surface area contributed by atoms with Gasteiger partial charge in [-0.2, -0.15) is 0 Å². The molecular formula is C27H48. The maximum atomic E-state index is 2.74. The number of unbranched alkanes of at least 4 members (excludes halogenated alkanes) is 1. The Kier molecular flexibility index (Phi) is 5.77. The summed E-state index contributed by atoms with van der Waals surface area (Å²) >= 11 is 0. The van der Waals surface area contributed by atoms with Gasteiger partial charge in [-0.1, -0.05) is 60.3 Å². The van der Waals surface area contributed by atoms with Gasteiger partial charge >= 0.3 is 0 Å². The maximum Gasteiger partial charge on any atom is -0.0266 e. The van der Waals surface area contributed by atoms with Crippen LogP contribution in [0.25, 0.3) is 0 Å². The van der Waals surface area contributed by atoms with Gasteiger partial charge in [0.15, 0.2) is 0 Å². The third kappa shape index (κ3) is 3.54. The first kappa shape index (κ1) is 20.3. The fraction of sp³-hybridized carbons (Fsp3) is 1.00. The van der Waals surface area contributed by atoms with E-state index >= 15 is 0 Å². The summed E-state index contributed by atoms with van der Waals surface area (Å²) in [7, 11) is 0. The van der Waals surface area contributed by atoms with Crippen molar-refractivity contribution in [3.05, 3.63) is 0 Å². The molecule has 0 bridgehead atoms. The van der Waals surface area contributed by atoms with Gasteiger partial charge < -0.3 is 0 Å². The number of hydrogen-bond acceptors (Lipinski definition) is 0. The fourth-order valence-electron chi connectivity index (χ4n) is 9.00. The standard InChI is InChI=1S/C27H48/c1-19(2)8-6-7-9-21-11-13-24-23-12-10-22-18-20(3)14-16-27(22,5)25(23)15-17-26(21,24)4/h19-25H,6-18H2,1-5H3/t20?,21-,22?,23?,24?,25?,26+,27-/m0/s1. The van der Waals surface area contributed by atoms with Gasteiger partial charge in [0.1, 0.15) is 0 Å². The fourth-order valence-corrected chi connectivity index (χ4v) is 9.00. The van der Waals surface area contributed by atoms with E-state index in [4.69, 9.17) is 0 Å². The van der Waals surface area contributed by atoms with Crippen molar-refractivity contribution in [3.8, 4) is 0 Å². The maximum absolute atomic E-state index is 2.74. The van der Waals surface area contributed by atoms with Crippen molar-refractivity contribution in [1.29, 1.82) is 0 Å². The average Bonchev–Trinajstić information content (AvgIpc) is 2.96. The predicted molar refractivity (Wildman–Crippen MR) is 118 cm³/mol. The average molecular weight is 373 g/mol. The molecule has 156 valence electrons. The van der Waals surface area contributed by atoms with Crippen LogP contribution in [0.15, 0.2) is 0 Å². The molecule has 0 amide bonds. The van der Waals surface area contributed by atoms with Crippen LogP contribution in [-0.4, -0.2) is 0 Å². The van der Waals surface area contributed by atoms with Crippen molar-refractivity contribution in [2.24, 2.45) is 52.3 Å². The molecule has 4 aliphatic rings. The van der Waals surface area contributed by atoms with Gasteiger partial charge in [0, 0.05) is 0 Å². The highest BCUT2D eigenvalue weighted by Crippen LogP contribution is 2.68. The van der Waals surface area contributed by atoms with Crippen LogP contribution in [0.1, 0.15) is 118 Å². The molecule has 0 N–H and O–H groups in total. The highest BCUT2D eigenvalue weighted by molar-refractivity contribution is 5.08. The van der Waals surface area contributed by atoms with E-state index in [0.717, 1.165) is 41.4 Å². The van der Waals surface area contributed by atoms with Crippen molar-refractivity contribution in [1.82, 2.24) is 0 Å². The van der Waals surface area contributed by atoms with Crippen LogP contribution in [0.5, 0.6) is 0 Å². The molecule has 0 saturated heterocycles. The zero-order valence-electron chi connectivity index (χ0n) is 19.2. The first-order chi connectivity index (χ1) is 12.8. The largest absolute Gasteiger partial charge is 0.0628 e. The second-order valence-electron chi connectivity index (χ2n) is 12.5. The highest BCUT2D eigenvalue weighted by Gasteiger charge is 2.59. The lowest BCUT2D eigenvalue weighted by molar-refractivity contribution is -0.117. The summed E-state index contributed by atoms with van der Waals surface area (Å²) in [5.74, 6) is 7.22. The van der Waals surface area contributed by atoms with Gasteiger partial charge in [-0.3, -0.25) is 0 Å². The second kappa shape index (κ2) is 7.68. The third-order valence-corrected chi connectivity index (χ3v) is 10.7. The molecule has 0 aromatic carbocycles. The SMILES string of the molecule is CC(C)CCCC[C@H]1CCC2C3CCC4CC(C)CC[C@]4(C)C3CC[C@@]21C. The third-order valence-electron chi connectivity index (χ3n) is 10.7.